The molecule has 1 aromatic carbocycles. The zero-order valence-corrected chi connectivity index (χ0v) is 14.8. The van der Waals surface area contributed by atoms with Crippen molar-refractivity contribution in [1.29, 1.82) is 0 Å². The van der Waals surface area contributed by atoms with Crippen molar-refractivity contribution in [3.63, 3.8) is 0 Å². The molecular formula is C17H22ClNO6. The number of carbonyl (C=O) groups is 3. The van der Waals surface area contributed by atoms with Crippen LogP contribution in [0.25, 0.3) is 0 Å². The number of alkyl carbamates (subject to hydrolysis) is 1. The van der Waals surface area contributed by atoms with Crippen molar-refractivity contribution >= 4 is 29.6 Å². The highest BCUT2D eigenvalue weighted by Crippen LogP contribution is 2.21. The summed E-state index contributed by atoms with van der Waals surface area (Å²) in [6.07, 6.45) is 0.538. The summed E-state index contributed by atoms with van der Waals surface area (Å²) in [4.78, 5) is 34.0. The Bertz CT molecular complexity index is 575. The Morgan fingerprint density at radius 3 is 2.40 bits per heavy atom. The first kappa shape index (κ1) is 20.8. The third-order valence-corrected chi connectivity index (χ3v) is 3.56. The fraction of sp³-hybridized carbons (Fsp3) is 0.471. The summed E-state index contributed by atoms with van der Waals surface area (Å²) in [6, 6.07) is 6.52. The van der Waals surface area contributed by atoms with Crippen molar-refractivity contribution in [3.8, 4) is 0 Å². The van der Waals surface area contributed by atoms with Gasteiger partial charge >= 0.3 is 18.0 Å². The number of carboxylic acid groups (broad SMARTS) is 1. The third kappa shape index (κ3) is 8.39. The fourth-order valence-corrected chi connectivity index (χ4v) is 2.19. The van der Waals surface area contributed by atoms with Crippen LogP contribution in [0.3, 0.4) is 0 Å². The molecule has 0 aromatic heterocycles. The molecule has 0 spiro atoms. The number of aliphatic carboxylic acids is 1. The Hall–Kier alpha value is -2.28. The topological polar surface area (TPSA) is 102 Å². The summed E-state index contributed by atoms with van der Waals surface area (Å²) in [5.74, 6) is -2.08. The van der Waals surface area contributed by atoms with E-state index < -0.39 is 18.0 Å². The Balaban J connectivity index is 2.29. The first-order chi connectivity index (χ1) is 11.9. The molecule has 1 unspecified atom stereocenters. The number of halogens is 1. The maximum atomic E-state index is 11.5. The third-order valence-electron chi connectivity index (χ3n) is 3.31. The molecule has 0 heterocycles. The smallest absolute Gasteiger partial charge is 0.407 e. The van der Waals surface area contributed by atoms with Crippen molar-refractivity contribution in [1.82, 2.24) is 5.32 Å². The molecule has 8 heteroatoms. The minimum Gasteiger partial charge on any atom is -0.481 e. The zero-order chi connectivity index (χ0) is 18.7. The molecule has 25 heavy (non-hydrogen) atoms. The summed E-state index contributed by atoms with van der Waals surface area (Å²) >= 11 is 5.79. The van der Waals surface area contributed by atoms with Crippen LogP contribution in [0.5, 0.6) is 0 Å². The van der Waals surface area contributed by atoms with Gasteiger partial charge in [-0.2, -0.15) is 0 Å². The molecule has 0 bridgehead atoms. The van der Waals surface area contributed by atoms with Gasteiger partial charge in [0.25, 0.3) is 0 Å². The quantitative estimate of drug-likeness (QED) is 0.484. The van der Waals surface area contributed by atoms with Crippen molar-refractivity contribution in [2.24, 2.45) is 0 Å². The fourth-order valence-electron chi connectivity index (χ4n) is 2.06. The zero-order valence-electron chi connectivity index (χ0n) is 14.0. The van der Waals surface area contributed by atoms with E-state index in [1.165, 1.54) is 0 Å². The summed E-state index contributed by atoms with van der Waals surface area (Å²) in [5, 5.41) is 12.3. The minimum atomic E-state index is -0.986. The molecule has 1 amide bonds. The summed E-state index contributed by atoms with van der Waals surface area (Å²) < 4.78 is 9.68. The monoisotopic (exact) mass is 371 g/mol. The molecule has 7 nitrogen and oxygen atoms in total. The number of benzene rings is 1. The van der Waals surface area contributed by atoms with Crippen LogP contribution in [0.4, 0.5) is 4.79 Å². The van der Waals surface area contributed by atoms with E-state index in [1.807, 2.05) is 6.92 Å². The molecule has 2 N–H and O–H groups in total. The maximum Gasteiger partial charge on any atom is 0.407 e. The highest BCUT2D eigenvalue weighted by Gasteiger charge is 2.19. The van der Waals surface area contributed by atoms with Crippen molar-refractivity contribution in [3.05, 3.63) is 34.9 Å². The SMILES string of the molecule is CCCC(=O)OCCOC(=O)NCCC(C(=O)O)c1ccc(Cl)cc1. The average molecular weight is 372 g/mol. The summed E-state index contributed by atoms with van der Waals surface area (Å²) in [6.45, 7) is 1.93. The molecule has 138 valence electrons. The molecular weight excluding hydrogens is 350 g/mol. The van der Waals surface area contributed by atoms with E-state index in [0.717, 1.165) is 0 Å². The normalized spacial score (nSPS) is 11.4. The number of ether oxygens (including phenoxy) is 2. The number of hydrogen-bond acceptors (Lipinski definition) is 5. The second-order valence-electron chi connectivity index (χ2n) is 5.26. The molecule has 0 aliphatic heterocycles. The number of carboxylic acids is 1. The van der Waals surface area contributed by atoms with Crippen LogP contribution in [0.1, 0.15) is 37.7 Å². The van der Waals surface area contributed by atoms with E-state index in [4.69, 9.17) is 21.1 Å². The van der Waals surface area contributed by atoms with Gasteiger partial charge in [0.2, 0.25) is 0 Å². The molecule has 0 saturated heterocycles. The number of esters is 1. The Labute approximate surface area is 151 Å². The lowest BCUT2D eigenvalue weighted by Crippen LogP contribution is -2.29. The van der Waals surface area contributed by atoms with Gasteiger partial charge in [-0.25, -0.2) is 4.79 Å². The molecule has 0 saturated carbocycles. The lowest BCUT2D eigenvalue weighted by molar-refractivity contribution is -0.144. The molecule has 0 fully saturated rings. The molecule has 0 radical (unpaired) electrons. The molecule has 1 rings (SSSR count). The van der Waals surface area contributed by atoms with Gasteiger partial charge in [-0.05, 0) is 30.5 Å². The largest absolute Gasteiger partial charge is 0.481 e. The number of nitrogens with one attached hydrogen (secondary N) is 1. The predicted molar refractivity (Wildman–Crippen MR) is 91.7 cm³/mol. The van der Waals surface area contributed by atoms with Gasteiger partial charge in [0.1, 0.15) is 13.2 Å². The van der Waals surface area contributed by atoms with Gasteiger partial charge in [0, 0.05) is 18.0 Å². The Kier molecular flexibility index (Phi) is 9.39. The predicted octanol–water partition coefficient (Wildman–Crippen LogP) is 2.97. The van der Waals surface area contributed by atoms with Crippen LogP contribution in [0, 0.1) is 0 Å². The lowest BCUT2D eigenvalue weighted by Gasteiger charge is -2.13. The molecule has 0 aliphatic rings. The van der Waals surface area contributed by atoms with E-state index in [2.05, 4.69) is 5.32 Å². The number of rotatable bonds is 10. The number of hydrogen-bond donors (Lipinski definition) is 2. The van der Waals surface area contributed by atoms with Crippen LogP contribution >= 0.6 is 11.6 Å². The molecule has 0 aliphatic carbocycles. The Morgan fingerprint density at radius 1 is 1.16 bits per heavy atom. The maximum absolute atomic E-state index is 11.5. The average Bonchev–Trinajstić information content (AvgIpc) is 2.57. The summed E-state index contributed by atoms with van der Waals surface area (Å²) in [7, 11) is 0. The van der Waals surface area contributed by atoms with Gasteiger partial charge in [-0.1, -0.05) is 30.7 Å². The van der Waals surface area contributed by atoms with Crippen LogP contribution in [0.2, 0.25) is 5.02 Å². The van der Waals surface area contributed by atoms with E-state index >= 15 is 0 Å². The van der Waals surface area contributed by atoms with Crippen molar-refractivity contribution in [2.45, 2.75) is 32.1 Å². The van der Waals surface area contributed by atoms with Crippen molar-refractivity contribution in [2.75, 3.05) is 19.8 Å². The first-order valence-electron chi connectivity index (χ1n) is 7.98. The highest BCUT2D eigenvalue weighted by molar-refractivity contribution is 6.30. The van der Waals surface area contributed by atoms with Crippen LogP contribution < -0.4 is 5.32 Å². The van der Waals surface area contributed by atoms with Crippen LogP contribution in [0.15, 0.2) is 24.3 Å². The van der Waals surface area contributed by atoms with E-state index in [-0.39, 0.29) is 32.1 Å². The van der Waals surface area contributed by atoms with Gasteiger partial charge in [-0.15, -0.1) is 0 Å². The lowest BCUT2D eigenvalue weighted by atomic mass is 9.96. The van der Waals surface area contributed by atoms with E-state index in [1.54, 1.807) is 24.3 Å². The summed E-state index contributed by atoms with van der Waals surface area (Å²) in [5.41, 5.74) is 0.606. The second kappa shape index (κ2) is 11.3. The van der Waals surface area contributed by atoms with Gasteiger partial charge in [0.15, 0.2) is 0 Å². The van der Waals surface area contributed by atoms with Gasteiger partial charge in [-0.3, -0.25) is 9.59 Å². The Morgan fingerprint density at radius 2 is 1.80 bits per heavy atom. The van der Waals surface area contributed by atoms with Gasteiger partial charge in [0.05, 0.1) is 5.92 Å². The van der Waals surface area contributed by atoms with E-state index in [9.17, 15) is 19.5 Å². The van der Waals surface area contributed by atoms with Crippen molar-refractivity contribution < 1.29 is 29.0 Å². The number of carbonyl (C=O) groups excluding carboxylic acids is 2. The molecule has 1 aromatic rings. The standard InChI is InChI=1S/C17H22ClNO6/c1-2-3-15(20)24-10-11-25-17(23)19-9-8-14(16(21)22)12-4-6-13(18)7-5-12/h4-7,14H,2-3,8-11H2,1H3,(H,19,23)(H,21,22). The minimum absolute atomic E-state index is 0.00518. The second-order valence-corrected chi connectivity index (χ2v) is 5.70. The highest BCUT2D eigenvalue weighted by atomic mass is 35.5. The van der Waals surface area contributed by atoms with Crippen LogP contribution in [-0.2, 0) is 19.1 Å². The number of amides is 1. The first-order valence-corrected chi connectivity index (χ1v) is 8.36. The van der Waals surface area contributed by atoms with Crippen LogP contribution in [-0.4, -0.2) is 42.9 Å². The molecule has 1 atom stereocenters. The van der Waals surface area contributed by atoms with Gasteiger partial charge < -0.3 is 19.9 Å². The van der Waals surface area contributed by atoms with E-state index in [0.29, 0.717) is 23.4 Å².